The van der Waals surface area contributed by atoms with Gasteiger partial charge in [0.15, 0.2) is 0 Å². The lowest BCUT2D eigenvalue weighted by Crippen LogP contribution is -2.32. The minimum atomic E-state index is 0.564. The highest BCUT2D eigenvalue weighted by molar-refractivity contribution is 5.66. The lowest BCUT2D eigenvalue weighted by Gasteiger charge is -2.36. The Bertz CT molecular complexity index is 547. The Hall–Kier alpha value is -2.00. The molecular weight excluding hydrogens is 260 g/mol. The van der Waals surface area contributed by atoms with Crippen molar-refractivity contribution in [3.63, 3.8) is 0 Å². The van der Waals surface area contributed by atoms with E-state index < -0.39 is 0 Å². The van der Waals surface area contributed by atoms with Gasteiger partial charge in [0.2, 0.25) is 0 Å². The van der Waals surface area contributed by atoms with Crippen LogP contribution in [0.3, 0.4) is 0 Å². The molecule has 3 rings (SSSR count). The van der Waals surface area contributed by atoms with Crippen molar-refractivity contribution in [2.24, 2.45) is 0 Å². The summed E-state index contributed by atoms with van der Waals surface area (Å²) >= 11 is 0. The molecule has 21 heavy (non-hydrogen) atoms. The number of para-hydroxylation sites is 1. The van der Waals surface area contributed by atoms with Crippen molar-refractivity contribution in [2.45, 2.75) is 38.1 Å². The Morgan fingerprint density at radius 3 is 2.05 bits per heavy atom. The minimum absolute atomic E-state index is 0.564. The molecule has 0 amide bonds. The molecule has 0 bridgehead atoms. The molecule has 0 aromatic heterocycles. The second-order valence-electron chi connectivity index (χ2n) is 5.66. The first-order valence-corrected chi connectivity index (χ1v) is 7.73. The topological polar surface area (TPSA) is 35.5 Å². The van der Waals surface area contributed by atoms with E-state index in [2.05, 4.69) is 52.8 Å². The summed E-state index contributed by atoms with van der Waals surface area (Å²) in [6, 6.07) is 19.1. The van der Waals surface area contributed by atoms with E-state index in [1.54, 1.807) is 0 Å². The van der Waals surface area contributed by atoms with E-state index in [0.29, 0.717) is 6.04 Å². The monoisotopic (exact) mass is 282 g/mol. The molecule has 3 heteroatoms. The van der Waals surface area contributed by atoms with Gasteiger partial charge in [-0.1, -0.05) is 37.5 Å². The molecule has 1 saturated carbocycles. The molecule has 0 radical (unpaired) electrons. The highest BCUT2D eigenvalue weighted by Gasteiger charge is 2.22. The number of rotatable bonds is 4. The quantitative estimate of drug-likeness (QED) is 0.778. The predicted molar refractivity (Wildman–Crippen MR) is 87.3 cm³/mol. The van der Waals surface area contributed by atoms with Crippen molar-refractivity contribution in [3.8, 4) is 0 Å². The number of nitrogens with one attached hydrogen (secondary N) is 1. The Balaban J connectivity index is 1.94. The van der Waals surface area contributed by atoms with E-state index in [4.69, 9.17) is 5.21 Å². The molecule has 0 atom stereocenters. The van der Waals surface area contributed by atoms with E-state index in [1.807, 2.05) is 12.1 Å². The number of nitrogens with zero attached hydrogens (tertiary/aromatic N) is 1. The Labute approximate surface area is 126 Å². The van der Waals surface area contributed by atoms with Crippen LogP contribution < -0.4 is 10.4 Å². The first-order valence-electron chi connectivity index (χ1n) is 7.73. The van der Waals surface area contributed by atoms with E-state index >= 15 is 0 Å². The Kier molecular flexibility index (Phi) is 4.41. The summed E-state index contributed by atoms with van der Waals surface area (Å²) < 4.78 is 0. The molecule has 1 fully saturated rings. The smallest absolute Gasteiger partial charge is 0.0603 e. The molecule has 3 nitrogen and oxygen atoms in total. The van der Waals surface area contributed by atoms with Gasteiger partial charge < -0.3 is 4.90 Å². The van der Waals surface area contributed by atoms with E-state index in [0.717, 1.165) is 5.69 Å². The molecule has 0 unspecified atom stereocenters. The van der Waals surface area contributed by atoms with Crippen molar-refractivity contribution in [2.75, 3.05) is 10.4 Å². The van der Waals surface area contributed by atoms with Crippen molar-refractivity contribution < 1.29 is 5.21 Å². The third-order valence-corrected chi connectivity index (χ3v) is 4.25. The molecule has 110 valence electrons. The highest BCUT2D eigenvalue weighted by atomic mass is 16.5. The summed E-state index contributed by atoms with van der Waals surface area (Å²) in [6.45, 7) is 0. The zero-order valence-corrected chi connectivity index (χ0v) is 12.2. The van der Waals surface area contributed by atoms with Gasteiger partial charge in [-0.3, -0.25) is 10.7 Å². The van der Waals surface area contributed by atoms with Crippen LogP contribution in [-0.4, -0.2) is 11.2 Å². The molecule has 1 aliphatic rings. The van der Waals surface area contributed by atoms with Crippen LogP contribution in [-0.2, 0) is 0 Å². The predicted octanol–water partition coefficient (Wildman–Crippen LogP) is 4.96. The van der Waals surface area contributed by atoms with Gasteiger partial charge in [0.25, 0.3) is 0 Å². The second-order valence-corrected chi connectivity index (χ2v) is 5.66. The van der Waals surface area contributed by atoms with Gasteiger partial charge in [-0.05, 0) is 49.2 Å². The van der Waals surface area contributed by atoms with E-state index in [1.165, 1.54) is 43.5 Å². The average molecular weight is 282 g/mol. The number of benzene rings is 2. The third-order valence-electron chi connectivity index (χ3n) is 4.25. The third kappa shape index (κ3) is 3.19. The fourth-order valence-electron chi connectivity index (χ4n) is 3.20. The Morgan fingerprint density at radius 1 is 0.810 bits per heavy atom. The van der Waals surface area contributed by atoms with Crippen LogP contribution in [0, 0.1) is 0 Å². The molecular formula is C18H22N2O. The van der Waals surface area contributed by atoms with Gasteiger partial charge in [-0.2, -0.15) is 0 Å². The SMILES string of the molecule is ONc1ccc(N(c2ccccc2)C2CCCCC2)cc1. The second kappa shape index (κ2) is 6.64. The maximum Gasteiger partial charge on any atom is 0.0603 e. The summed E-state index contributed by atoms with van der Waals surface area (Å²) in [6.07, 6.45) is 6.46. The van der Waals surface area contributed by atoms with Gasteiger partial charge in [0.1, 0.15) is 0 Å². The van der Waals surface area contributed by atoms with Gasteiger partial charge in [0, 0.05) is 17.4 Å². The zero-order chi connectivity index (χ0) is 14.5. The van der Waals surface area contributed by atoms with Crippen LogP contribution in [0.25, 0.3) is 0 Å². The summed E-state index contributed by atoms with van der Waals surface area (Å²) in [5, 5.41) is 8.97. The first kappa shape index (κ1) is 14.0. The van der Waals surface area contributed by atoms with Gasteiger partial charge in [-0.15, -0.1) is 0 Å². The minimum Gasteiger partial charge on any atom is -0.338 e. The van der Waals surface area contributed by atoms with Crippen molar-refractivity contribution in [3.05, 3.63) is 54.6 Å². The van der Waals surface area contributed by atoms with Crippen molar-refractivity contribution in [1.82, 2.24) is 0 Å². The summed E-state index contributed by atoms with van der Waals surface area (Å²) in [5.74, 6) is 0. The van der Waals surface area contributed by atoms with Gasteiger partial charge in [0.05, 0.1) is 5.69 Å². The lowest BCUT2D eigenvalue weighted by atomic mass is 9.93. The molecule has 2 aromatic rings. The molecule has 2 N–H and O–H groups in total. The molecule has 0 aliphatic heterocycles. The molecule has 1 aliphatic carbocycles. The zero-order valence-electron chi connectivity index (χ0n) is 12.2. The number of anilines is 3. The largest absolute Gasteiger partial charge is 0.338 e. The van der Waals surface area contributed by atoms with Crippen LogP contribution in [0.15, 0.2) is 54.6 Å². The molecule has 2 aromatic carbocycles. The highest BCUT2D eigenvalue weighted by Crippen LogP contribution is 2.34. The van der Waals surface area contributed by atoms with E-state index in [-0.39, 0.29) is 0 Å². The molecule has 0 saturated heterocycles. The average Bonchev–Trinajstić information content (AvgIpc) is 2.58. The molecule has 0 heterocycles. The maximum absolute atomic E-state index is 8.97. The maximum atomic E-state index is 8.97. The number of hydrogen-bond donors (Lipinski definition) is 2. The van der Waals surface area contributed by atoms with Crippen molar-refractivity contribution in [1.29, 1.82) is 0 Å². The van der Waals surface area contributed by atoms with Crippen LogP contribution in [0.2, 0.25) is 0 Å². The lowest BCUT2D eigenvalue weighted by molar-refractivity contribution is 0.389. The van der Waals surface area contributed by atoms with Gasteiger partial charge >= 0.3 is 0 Å². The number of hydrogen-bond acceptors (Lipinski definition) is 3. The fourth-order valence-corrected chi connectivity index (χ4v) is 3.20. The normalized spacial score (nSPS) is 15.7. The van der Waals surface area contributed by atoms with Crippen LogP contribution in [0.1, 0.15) is 32.1 Å². The van der Waals surface area contributed by atoms with Crippen molar-refractivity contribution >= 4 is 17.1 Å². The van der Waals surface area contributed by atoms with Crippen LogP contribution >= 0.6 is 0 Å². The molecule has 0 spiro atoms. The van der Waals surface area contributed by atoms with Crippen LogP contribution in [0.5, 0.6) is 0 Å². The van der Waals surface area contributed by atoms with Crippen LogP contribution in [0.4, 0.5) is 17.1 Å². The summed E-state index contributed by atoms with van der Waals surface area (Å²) in [7, 11) is 0. The summed E-state index contributed by atoms with van der Waals surface area (Å²) in [4.78, 5) is 2.44. The Morgan fingerprint density at radius 2 is 1.43 bits per heavy atom. The fraction of sp³-hybridized carbons (Fsp3) is 0.333. The van der Waals surface area contributed by atoms with Gasteiger partial charge in [-0.25, -0.2) is 0 Å². The summed E-state index contributed by atoms with van der Waals surface area (Å²) in [5.41, 5.74) is 5.34. The first-order chi connectivity index (χ1) is 10.4. The van der Waals surface area contributed by atoms with E-state index in [9.17, 15) is 0 Å². The standard InChI is InChI=1S/C18H22N2O/c21-19-15-11-13-18(14-12-15)20(16-7-3-1-4-8-16)17-9-5-2-6-10-17/h1,3-4,7-8,11-14,17,19,21H,2,5-6,9-10H2.